The van der Waals surface area contributed by atoms with Crippen molar-refractivity contribution in [2.24, 2.45) is 0 Å². The average molecular weight is 1050 g/mol. The number of benzene rings is 12. The molecule has 2 nitrogen and oxygen atoms in total. The van der Waals surface area contributed by atoms with E-state index in [9.17, 15) is 0 Å². The molecule has 2 heteroatoms. The Morgan fingerprint density at radius 1 is 0.346 bits per heavy atom. The van der Waals surface area contributed by atoms with E-state index in [4.69, 9.17) is 0 Å². The maximum absolute atomic E-state index is 2.63. The van der Waals surface area contributed by atoms with E-state index in [1.165, 1.54) is 104 Å². The maximum Gasteiger partial charge on any atom is 0.0618 e. The number of rotatable bonds is 9. The van der Waals surface area contributed by atoms with Crippen LogP contribution in [0, 0.1) is 0 Å². The summed E-state index contributed by atoms with van der Waals surface area (Å²) in [5.74, 6) is 0.349. The largest absolute Gasteiger partial charge is 0.309 e. The molecule has 1 heterocycles. The van der Waals surface area contributed by atoms with Crippen LogP contribution in [0.2, 0.25) is 0 Å². The van der Waals surface area contributed by atoms with Gasteiger partial charge in [0, 0.05) is 38.4 Å². The molecule has 81 heavy (non-hydrogen) atoms. The molecule has 0 spiro atoms. The Labute approximate surface area is 479 Å². The summed E-state index contributed by atoms with van der Waals surface area (Å²) in [6.45, 7) is 25.8. The topological polar surface area (TPSA) is 8.17 Å². The third kappa shape index (κ3) is 9.16. The first-order valence-corrected chi connectivity index (χ1v) is 29.1. The molecule has 0 N–H and O–H groups in total. The summed E-state index contributed by atoms with van der Waals surface area (Å²) in [5, 5.41) is 9.92. The summed E-state index contributed by atoms with van der Waals surface area (Å²) in [4.78, 5) is 2.63. The van der Waals surface area contributed by atoms with Crippen LogP contribution in [0.25, 0.3) is 104 Å². The monoisotopic (exact) mass is 1050 g/mol. The second kappa shape index (κ2) is 19.5. The highest BCUT2D eigenvalue weighted by atomic mass is 15.1. The molecule has 0 unspecified atom stereocenters. The van der Waals surface area contributed by atoms with Gasteiger partial charge in [-0.05, 0) is 142 Å². The summed E-state index contributed by atoms with van der Waals surface area (Å²) in [7, 11) is 0. The summed E-state index contributed by atoms with van der Waals surface area (Å²) in [5.41, 5.74) is 21.5. The average Bonchev–Trinajstić information content (AvgIpc) is 3.62. The van der Waals surface area contributed by atoms with Crippen molar-refractivity contribution in [3.8, 4) is 50.2 Å². The van der Waals surface area contributed by atoms with Gasteiger partial charge in [-0.3, -0.25) is 0 Å². The molecule has 1 aromatic heterocycles. The summed E-state index contributed by atoms with van der Waals surface area (Å²) in [6.07, 6.45) is 0. The predicted molar refractivity (Wildman–Crippen MR) is 351 cm³/mol. The van der Waals surface area contributed by atoms with Gasteiger partial charge in [0.05, 0.1) is 28.1 Å². The van der Waals surface area contributed by atoms with Crippen molar-refractivity contribution in [2.75, 3.05) is 4.90 Å². The second-order valence-electron chi connectivity index (χ2n) is 26.0. The molecule has 0 bridgehead atoms. The number of nitrogens with zero attached hydrogens (tertiary/aromatic N) is 2. The number of aromatic nitrogens is 1. The number of anilines is 3. The Kier molecular flexibility index (Phi) is 12.5. The van der Waals surface area contributed by atoms with E-state index in [-0.39, 0.29) is 16.2 Å². The number of hydrogen-bond donors (Lipinski definition) is 0. The van der Waals surface area contributed by atoms with Gasteiger partial charge in [0.1, 0.15) is 0 Å². The number of fused-ring (bicyclic) bond motifs is 3. The van der Waals surface area contributed by atoms with E-state index in [0.29, 0.717) is 5.92 Å². The number of para-hydroxylation sites is 3. The lowest BCUT2D eigenvalue weighted by Crippen LogP contribution is -2.16. The first kappa shape index (κ1) is 51.7. The van der Waals surface area contributed by atoms with Crippen molar-refractivity contribution in [3.05, 3.63) is 253 Å². The van der Waals surface area contributed by atoms with E-state index >= 15 is 0 Å². The van der Waals surface area contributed by atoms with Gasteiger partial charge in [-0.15, -0.1) is 0 Å². The number of hydrogen-bond acceptors (Lipinski definition) is 1. The lowest BCUT2D eigenvalue weighted by atomic mass is 9.78. The van der Waals surface area contributed by atoms with Crippen LogP contribution >= 0.6 is 0 Å². The second-order valence-corrected chi connectivity index (χ2v) is 26.0. The van der Waals surface area contributed by atoms with Crippen molar-refractivity contribution < 1.29 is 0 Å². The van der Waals surface area contributed by atoms with Crippen LogP contribution in [-0.2, 0) is 16.2 Å². The lowest BCUT2D eigenvalue weighted by Gasteiger charge is -2.33. The van der Waals surface area contributed by atoms with Crippen LogP contribution in [0.4, 0.5) is 17.1 Å². The molecule has 0 radical (unpaired) electrons. The molecular weight excluding hydrogens is 977 g/mol. The summed E-state index contributed by atoms with van der Waals surface area (Å²) >= 11 is 0. The fourth-order valence-corrected chi connectivity index (χ4v) is 12.5. The van der Waals surface area contributed by atoms with E-state index in [1.807, 2.05) is 0 Å². The van der Waals surface area contributed by atoms with Gasteiger partial charge in [-0.2, -0.15) is 0 Å². The Morgan fingerprint density at radius 3 is 1.32 bits per heavy atom. The van der Waals surface area contributed by atoms with Gasteiger partial charge < -0.3 is 9.47 Å². The third-order valence-electron chi connectivity index (χ3n) is 17.1. The first-order chi connectivity index (χ1) is 38.9. The minimum absolute atomic E-state index is 0.0584. The van der Waals surface area contributed by atoms with Crippen LogP contribution in [-0.4, -0.2) is 4.57 Å². The van der Waals surface area contributed by atoms with E-state index in [0.717, 1.165) is 39.3 Å². The van der Waals surface area contributed by atoms with E-state index < -0.39 is 0 Å². The maximum atomic E-state index is 2.63. The van der Waals surface area contributed by atoms with Crippen LogP contribution in [0.3, 0.4) is 0 Å². The zero-order valence-corrected chi connectivity index (χ0v) is 48.9. The van der Waals surface area contributed by atoms with Crippen molar-refractivity contribution in [1.82, 2.24) is 4.57 Å². The zero-order valence-electron chi connectivity index (χ0n) is 48.9. The SMILES string of the molecule is CC(C)c1cc(-c2cc(-c3cc(C(C)(C)C)cc(C(C)(C)C)c3)cc(N(c3c(-c4ccccc4)cccc3-c3ccccc3)c3ccc4ccc5c(-n6c7ccccc7c7ccccc76)ccc6ccc3c4c65)c2)cc(C(C)(C)C)c1. The molecule has 0 atom stereocenters. The Bertz CT molecular complexity index is 4390. The van der Waals surface area contributed by atoms with Crippen molar-refractivity contribution in [3.63, 3.8) is 0 Å². The van der Waals surface area contributed by atoms with Gasteiger partial charge in [-0.1, -0.05) is 264 Å². The van der Waals surface area contributed by atoms with Crippen LogP contribution in [0.1, 0.15) is 104 Å². The minimum atomic E-state index is -0.0714. The summed E-state index contributed by atoms with van der Waals surface area (Å²) in [6, 6.07) is 87.7. The van der Waals surface area contributed by atoms with Crippen LogP contribution < -0.4 is 4.90 Å². The minimum Gasteiger partial charge on any atom is -0.309 e. The van der Waals surface area contributed by atoms with Crippen LogP contribution in [0.5, 0.6) is 0 Å². The Hall–Kier alpha value is -8.72. The normalized spacial score (nSPS) is 12.5. The standard InChI is InChI=1S/C79H72N2/c1-50(2)55-41-56(44-60(43-55)77(3,4)5)57-42-58(59-45-61(78(6,7)8)49-62(46-59)79(9,10)11)48-63(47-57)80(76-64(51-23-14-12-15-24-51)29-22-30-65(76)52-25-16-13-17-26-52)72-39-35-53-34-38-69-73(40-36-54-33-37-68(72)74(53)75(54)69)81-70-31-20-18-27-66(70)67-28-19-21-32-71(67)81/h12-50H,1-11H3. The van der Waals surface area contributed by atoms with Crippen LogP contribution in [0.15, 0.2) is 231 Å². The zero-order chi connectivity index (χ0) is 56.1. The molecule has 12 aromatic carbocycles. The fourth-order valence-electron chi connectivity index (χ4n) is 12.5. The molecule has 0 aliphatic carbocycles. The highest BCUT2D eigenvalue weighted by Crippen LogP contribution is 2.52. The quantitative estimate of drug-likeness (QED) is 0.131. The fraction of sp³-hybridized carbons (Fsp3) is 0.190. The molecule has 0 saturated heterocycles. The van der Waals surface area contributed by atoms with Crippen molar-refractivity contribution in [1.29, 1.82) is 0 Å². The van der Waals surface area contributed by atoms with Crippen molar-refractivity contribution in [2.45, 2.75) is 98.3 Å². The predicted octanol–water partition coefficient (Wildman–Crippen LogP) is 22.8. The molecule has 0 fully saturated rings. The van der Waals surface area contributed by atoms with Gasteiger partial charge >= 0.3 is 0 Å². The highest BCUT2D eigenvalue weighted by molar-refractivity contribution is 6.28. The molecule has 0 aliphatic rings. The van der Waals surface area contributed by atoms with Gasteiger partial charge in [0.25, 0.3) is 0 Å². The highest BCUT2D eigenvalue weighted by Gasteiger charge is 2.28. The van der Waals surface area contributed by atoms with Gasteiger partial charge in [0.15, 0.2) is 0 Å². The lowest BCUT2D eigenvalue weighted by molar-refractivity contribution is 0.569. The van der Waals surface area contributed by atoms with E-state index in [1.54, 1.807) is 0 Å². The van der Waals surface area contributed by atoms with Crippen molar-refractivity contribution >= 4 is 71.2 Å². The molecular formula is C79H72N2. The molecule has 0 saturated carbocycles. The molecule has 13 rings (SSSR count). The Morgan fingerprint density at radius 2 is 0.790 bits per heavy atom. The molecule has 13 aromatic rings. The first-order valence-electron chi connectivity index (χ1n) is 29.1. The van der Waals surface area contributed by atoms with Gasteiger partial charge in [0.2, 0.25) is 0 Å². The third-order valence-corrected chi connectivity index (χ3v) is 17.1. The Balaban J connectivity index is 1.18. The molecule has 0 amide bonds. The van der Waals surface area contributed by atoms with Gasteiger partial charge in [-0.25, -0.2) is 0 Å². The summed E-state index contributed by atoms with van der Waals surface area (Å²) < 4.78 is 2.48. The molecule has 0 aliphatic heterocycles. The molecule has 398 valence electrons. The van der Waals surface area contributed by atoms with E-state index in [2.05, 4.69) is 316 Å². The smallest absolute Gasteiger partial charge is 0.0618 e.